The number of Topliss-reactive ketones (excluding diaryl/α,β-unsaturated/α-hetero) is 1. The molecule has 9 nitrogen and oxygen atoms in total. The van der Waals surface area contributed by atoms with Gasteiger partial charge in [-0.05, 0) is 51.3 Å². The fraction of sp³-hybridized carbons (Fsp3) is 0.545. The van der Waals surface area contributed by atoms with Gasteiger partial charge in [0, 0.05) is 6.54 Å². The Hall–Kier alpha value is -2.99. The van der Waals surface area contributed by atoms with Gasteiger partial charge in [-0.2, -0.15) is 13.2 Å². The molecule has 2 amide bonds. The Balaban J connectivity index is 2.09. The highest BCUT2D eigenvalue weighted by molar-refractivity contribution is 6.00. The molecule has 1 aliphatic heterocycles. The minimum atomic E-state index is -5.06. The van der Waals surface area contributed by atoms with Crippen LogP contribution in [0.15, 0.2) is 30.3 Å². The van der Waals surface area contributed by atoms with Crippen LogP contribution in [0.4, 0.5) is 13.2 Å². The van der Waals surface area contributed by atoms with Crippen molar-refractivity contribution in [3.8, 4) is 0 Å². The first-order chi connectivity index (χ1) is 16.0. The van der Waals surface area contributed by atoms with Crippen molar-refractivity contribution in [3.05, 3.63) is 35.9 Å². The quantitative estimate of drug-likeness (QED) is 0.177. The number of carbonyl (C=O) groups excluding carboxylic acids is 3. The van der Waals surface area contributed by atoms with Crippen molar-refractivity contribution in [3.63, 3.8) is 0 Å². The highest BCUT2D eigenvalue weighted by atomic mass is 19.4. The van der Waals surface area contributed by atoms with Gasteiger partial charge < -0.3 is 16.4 Å². The van der Waals surface area contributed by atoms with Crippen molar-refractivity contribution in [2.24, 2.45) is 5.73 Å². The van der Waals surface area contributed by atoms with Crippen LogP contribution in [0.25, 0.3) is 0 Å². The van der Waals surface area contributed by atoms with Gasteiger partial charge in [-0.1, -0.05) is 30.3 Å². The minimum Gasteiger partial charge on any atom is -0.370 e. The molecule has 1 aromatic carbocycles. The van der Waals surface area contributed by atoms with Crippen LogP contribution in [0.3, 0.4) is 0 Å². The molecule has 3 atom stereocenters. The van der Waals surface area contributed by atoms with Crippen molar-refractivity contribution >= 4 is 23.6 Å². The molecule has 1 aromatic rings. The van der Waals surface area contributed by atoms with Gasteiger partial charge in [0.2, 0.25) is 11.8 Å². The third kappa shape index (κ3) is 7.80. The number of hydrogen-bond acceptors (Lipinski definition) is 6. The lowest BCUT2D eigenvalue weighted by atomic mass is 10.0. The normalized spacial score (nSPS) is 18.2. The Bertz CT molecular complexity index is 865. The molecule has 0 saturated carbocycles. The van der Waals surface area contributed by atoms with Gasteiger partial charge in [0.1, 0.15) is 0 Å². The molecule has 12 heteroatoms. The molecular weight excluding hydrogens is 453 g/mol. The first-order valence-corrected chi connectivity index (χ1v) is 11.0. The molecule has 188 valence electrons. The number of amides is 2. The third-order valence-electron chi connectivity index (χ3n) is 5.74. The van der Waals surface area contributed by atoms with Crippen LogP contribution in [0, 0.1) is 5.41 Å². The predicted octanol–water partition coefficient (Wildman–Crippen LogP) is 0.688. The molecular formula is C22H31F3N6O3. The number of nitrogens with zero attached hydrogens (tertiary/aromatic N) is 1. The summed E-state index contributed by atoms with van der Waals surface area (Å²) < 4.78 is 39.8. The summed E-state index contributed by atoms with van der Waals surface area (Å²) in [5.74, 6) is -3.58. The van der Waals surface area contributed by atoms with E-state index in [-0.39, 0.29) is 38.3 Å². The van der Waals surface area contributed by atoms with Crippen LogP contribution >= 0.6 is 0 Å². The number of nitrogens with two attached hydrogens (primary N) is 1. The maximum atomic E-state index is 13.3. The summed E-state index contributed by atoms with van der Waals surface area (Å²) in [4.78, 5) is 39.0. The number of likely N-dealkylation sites (N-methyl/N-ethyl adjacent to an activating group) is 1. The molecule has 0 radical (unpaired) electrons. The van der Waals surface area contributed by atoms with Crippen LogP contribution < -0.4 is 21.7 Å². The molecule has 1 unspecified atom stereocenters. The minimum absolute atomic E-state index is 0.115. The Morgan fingerprint density at radius 1 is 1.24 bits per heavy atom. The summed E-state index contributed by atoms with van der Waals surface area (Å²) in [6.07, 6.45) is -4.14. The van der Waals surface area contributed by atoms with Crippen molar-refractivity contribution in [1.82, 2.24) is 20.9 Å². The highest BCUT2D eigenvalue weighted by Crippen LogP contribution is 2.28. The van der Waals surface area contributed by atoms with Crippen molar-refractivity contribution < 1.29 is 27.6 Å². The van der Waals surface area contributed by atoms with Gasteiger partial charge >= 0.3 is 6.18 Å². The standard InChI is InChI=1S/C22H31F3N6O3/c1-28-15(13-14-7-3-2-4-8-14)19(33)30-20(34)17-10-6-12-31(17)16(18(32)22(23,24)25)9-5-11-29-21(26)27/h2-4,7-8,15-17,28H,5-6,9-13H2,1H3,(H4,26,27,29)(H,30,33,34)/t15-,16?,17+/m1/s1. The topological polar surface area (TPSA) is 140 Å². The Labute approximate surface area is 196 Å². The molecule has 0 aromatic heterocycles. The number of guanidine groups is 1. The molecule has 0 aliphatic carbocycles. The second kappa shape index (κ2) is 12.5. The van der Waals surface area contributed by atoms with Crippen molar-refractivity contribution in [2.45, 2.75) is 56.4 Å². The fourth-order valence-corrected chi connectivity index (χ4v) is 4.07. The number of rotatable bonds is 11. The largest absolute Gasteiger partial charge is 0.451 e. The van der Waals surface area contributed by atoms with E-state index >= 15 is 0 Å². The van der Waals surface area contributed by atoms with E-state index in [9.17, 15) is 27.6 Å². The van der Waals surface area contributed by atoms with Gasteiger partial charge in [-0.3, -0.25) is 30.0 Å². The van der Waals surface area contributed by atoms with Gasteiger partial charge in [0.25, 0.3) is 5.78 Å². The van der Waals surface area contributed by atoms with Crippen LogP contribution in [-0.4, -0.2) is 72.9 Å². The molecule has 0 spiro atoms. The first-order valence-electron chi connectivity index (χ1n) is 11.0. The Morgan fingerprint density at radius 2 is 1.91 bits per heavy atom. The van der Waals surface area contributed by atoms with E-state index in [1.165, 1.54) is 4.90 Å². The molecule has 1 fully saturated rings. The van der Waals surface area contributed by atoms with Gasteiger partial charge in [0.05, 0.1) is 18.1 Å². The van der Waals surface area contributed by atoms with E-state index in [1.807, 2.05) is 30.3 Å². The molecule has 0 bridgehead atoms. The molecule has 1 heterocycles. The van der Waals surface area contributed by atoms with Crippen LogP contribution in [0.1, 0.15) is 31.2 Å². The number of imide groups is 1. The lowest BCUT2D eigenvalue weighted by molar-refractivity contribution is -0.177. The summed E-state index contributed by atoms with van der Waals surface area (Å²) >= 11 is 0. The van der Waals surface area contributed by atoms with Crippen molar-refractivity contribution in [1.29, 1.82) is 5.41 Å². The average molecular weight is 485 g/mol. The lowest BCUT2D eigenvalue weighted by Gasteiger charge is -2.32. The van der Waals surface area contributed by atoms with E-state index in [0.717, 1.165) is 5.56 Å². The summed E-state index contributed by atoms with van der Waals surface area (Å²) in [7, 11) is 1.58. The van der Waals surface area contributed by atoms with Crippen LogP contribution in [-0.2, 0) is 20.8 Å². The molecule has 34 heavy (non-hydrogen) atoms. The van der Waals surface area contributed by atoms with Gasteiger partial charge in [-0.15, -0.1) is 0 Å². The maximum absolute atomic E-state index is 13.3. The number of likely N-dealkylation sites (tertiary alicyclic amines) is 1. The summed E-state index contributed by atoms with van der Waals surface area (Å²) in [5, 5.41) is 14.8. The fourth-order valence-electron chi connectivity index (χ4n) is 4.07. The van der Waals surface area contributed by atoms with E-state index in [1.54, 1.807) is 7.05 Å². The van der Waals surface area contributed by atoms with Crippen molar-refractivity contribution in [2.75, 3.05) is 20.1 Å². The average Bonchev–Trinajstić information content (AvgIpc) is 3.26. The summed E-state index contributed by atoms with van der Waals surface area (Å²) in [6.45, 7) is 0.238. The molecule has 1 aliphatic rings. The first kappa shape index (κ1) is 27.3. The number of benzene rings is 1. The third-order valence-corrected chi connectivity index (χ3v) is 5.74. The maximum Gasteiger partial charge on any atom is 0.451 e. The van der Waals surface area contributed by atoms with Crippen LogP contribution in [0.5, 0.6) is 0 Å². The zero-order chi connectivity index (χ0) is 25.3. The number of alkyl halides is 3. The number of carbonyl (C=O) groups is 3. The number of hydrogen-bond donors (Lipinski definition) is 5. The summed E-state index contributed by atoms with van der Waals surface area (Å²) in [6, 6.07) is 5.86. The Morgan fingerprint density at radius 3 is 2.50 bits per heavy atom. The van der Waals surface area contributed by atoms with E-state index < -0.39 is 41.9 Å². The summed E-state index contributed by atoms with van der Waals surface area (Å²) in [5.41, 5.74) is 6.05. The zero-order valence-corrected chi connectivity index (χ0v) is 19.0. The second-order valence-corrected chi connectivity index (χ2v) is 8.14. The molecule has 1 saturated heterocycles. The SMILES string of the molecule is CN[C@H](Cc1ccccc1)C(=O)NC(=O)[C@@H]1CCCN1C(CCCNC(=N)N)C(=O)C(F)(F)F. The van der Waals surface area contributed by atoms with E-state index in [4.69, 9.17) is 11.1 Å². The number of nitrogens with one attached hydrogen (secondary N) is 4. The second-order valence-electron chi connectivity index (χ2n) is 8.14. The molecule has 6 N–H and O–H groups in total. The van der Waals surface area contributed by atoms with Gasteiger partial charge in [0.15, 0.2) is 5.96 Å². The smallest absolute Gasteiger partial charge is 0.370 e. The van der Waals surface area contributed by atoms with Crippen LogP contribution in [0.2, 0.25) is 0 Å². The zero-order valence-electron chi connectivity index (χ0n) is 19.0. The number of ketones is 1. The highest BCUT2D eigenvalue weighted by Gasteiger charge is 2.48. The van der Waals surface area contributed by atoms with E-state index in [2.05, 4.69) is 16.0 Å². The van der Waals surface area contributed by atoms with Gasteiger partial charge in [-0.25, -0.2) is 0 Å². The lowest BCUT2D eigenvalue weighted by Crippen LogP contribution is -2.56. The van der Waals surface area contributed by atoms with E-state index in [0.29, 0.717) is 12.8 Å². The Kier molecular flexibility index (Phi) is 9.99. The number of halogens is 3. The predicted molar refractivity (Wildman–Crippen MR) is 120 cm³/mol. The monoisotopic (exact) mass is 484 g/mol. The molecule has 2 rings (SSSR count).